The monoisotopic (exact) mass is 837 g/mol. The molecular weight excluding hydrogens is 783 g/mol. The minimum atomic E-state index is -1.85. The highest BCUT2D eigenvalue weighted by atomic mass is 28.3. The highest BCUT2D eigenvalue weighted by molar-refractivity contribution is 6.89. The highest BCUT2D eigenvalue weighted by Gasteiger charge is 2.67. The molecule has 0 saturated carbocycles. The van der Waals surface area contributed by atoms with E-state index >= 15 is 0 Å². The van der Waals surface area contributed by atoms with Gasteiger partial charge in [-0.3, -0.25) is 0 Å². The van der Waals surface area contributed by atoms with Crippen molar-refractivity contribution in [1.82, 2.24) is 4.57 Å². The van der Waals surface area contributed by atoms with E-state index in [1.807, 2.05) is 0 Å². The average Bonchev–Trinajstić information content (AvgIpc) is 3.97. The van der Waals surface area contributed by atoms with Crippen LogP contribution < -0.4 is 14.3 Å². The molecule has 12 rings (SSSR count). The minimum Gasteiger partial charge on any atom is -0.455 e. The Hall–Kier alpha value is -6.30. The summed E-state index contributed by atoms with van der Waals surface area (Å²) in [7, 11) is -1.85. The number of benzene rings is 7. The molecule has 4 nitrogen and oxygen atoms in total. The van der Waals surface area contributed by atoms with Crippen molar-refractivity contribution < 1.29 is 13.6 Å². The van der Waals surface area contributed by atoms with Gasteiger partial charge in [-0.25, -0.2) is 0 Å². The summed E-state index contributed by atoms with van der Waals surface area (Å²) in [6.07, 6.45) is 3.66. The molecule has 0 radical (unpaired) electrons. The molecule has 0 aliphatic carbocycles. The van der Waals surface area contributed by atoms with Crippen molar-refractivity contribution >= 4 is 67.8 Å². The van der Waals surface area contributed by atoms with Crippen LogP contribution in [0.1, 0.15) is 81.2 Å². The lowest BCUT2D eigenvalue weighted by Crippen LogP contribution is -2.72. The van der Waals surface area contributed by atoms with Crippen molar-refractivity contribution in [2.24, 2.45) is 5.92 Å². The van der Waals surface area contributed by atoms with Gasteiger partial charge in [-0.1, -0.05) is 140 Å². The van der Waals surface area contributed by atoms with Crippen LogP contribution in [0.3, 0.4) is 0 Å². The SMILES string of the molecule is CC(C)Cc1cc2[n+](cc1[Si](C)(C)C)C1(c3ccccc3-2)c2ccc3c(oc4cc5ccc6ccccc6c5cc43)c2-c2n(-c3c(C(C)C)cccc3C(C)C)c3ccccc3[n+]21. The Labute approximate surface area is 371 Å². The molecule has 0 N–H and O–H groups in total. The van der Waals surface area contributed by atoms with Gasteiger partial charge in [-0.2, -0.15) is 4.57 Å². The first kappa shape index (κ1) is 38.4. The Bertz CT molecular complexity index is 3550. The van der Waals surface area contributed by atoms with E-state index in [1.165, 1.54) is 82.5 Å². The van der Waals surface area contributed by atoms with Crippen LogP contribution in [-0.2, 0) is 12.1 Å². The van der Waals surface area contributed by atoms with Gasteiger partial charge >= 0.3 is 11.5 Å². The first-order chi connectivity index (χ1) is 30.4. The predicted octanol–water partition coefficient (Wildman–Crippen LogP) is 13.7. The normalized spacial score (nSPS) is 15.6. The maximum absolute atomic E-state index is 7.41. The lowest BCUT2D eigenvalue weighted by molar-refractivity contribution is -0.944. The molecule has 2 aliphatic rings. The van der Waals surface area contributed by atoms with E-state index in [2.05, 4.69) is 215 Å². The number of fused-ring (bicyclic) bond motifs is 19. The second-order valence-electron chi connectivity index (χ2n) is 20.4. The summed E-state index contributed by atoms with van der Waals surface area (Å²) in [5.41, 5.74) is 15.3. The largest absolute Gasteiger partial charge is 0.455 e. The van der Waals surface area contributed by atoms with Crippen molar-refractivity contribution in [3.8, 4) is 28.3 Å². The molecule has 0 amide bonds. The highest BCUT2D eigenvalue weighted by Crippen LogP contribution is 2.53. The third-order valence-electron chi connectivity index (χ3n) is 14.3. The van der Waals surface area contributed by atoms with Gasteiger partial charge < -0.3 is 4.42 Å². The smallest absolute Gasteiger partial charge is 0.364 e. The van der Waals surface area contributed by atoms with Gasteiger partial charge in [-0.15, -0.1) is 9.13 Å². The summed E-state index contributed by atoms with van der Waals surface area (Å²) in [6.45, 7) is 21.6. The van der Waals surface area contributed by atoms with Gasteiger partial charge in [0.15, 0.2) is 22.8 Å². The van der Waals surface area contributed by atoms with E-state index in [1.54, 1.807) is 0 Å². The quantitative estimate of drug-likeness (QED) is 0.0931. The number of furan rings is 1. The summed E-state index contributed by atoms with van der Waals surface area (Å²) in [5, 5.41) is 8.78. The van der Waals surface area contributed by atoms with Crippen LogP contribution in [0, 0.1) is 5.92 Å². The van der Waals surface area contributed by atoms with E-state index in [4.69, 9.17) is 4.42 Å². The van der Waals surface area contributed by atoms with Crippen LogP contribution in [0.5, 0.6) is 0 Å². The predicted molar refractivity (Wildman–Crippen MR) is 265 cm³/mol. The van der Waals surface area contributed by atoms with Crippen molar-refractivity contribution in [3.05, 3.63) is 167 Å². The number of hydrogen-bond acceptors (Lipinski definition) is 1. The van der Waals surface area contributed by atoms with Crippen LogP contribution in [0.4, 0.5) is 0 Å². The van der Waals surface area contributed by atoms with Crippen molar-refractivity contribution in [3.63, 3.8) is 0 Å². The van der Waals surface area contributed by atoms with Gasteiger partial charge in [0.2, 0.25) is 5.69 Å². The molecule has 63 heavy (non-hydrogen) atoms. The fourth-order valence-electron chi connectivity index (χ4n) is 11.7. The Morgan fingerprint density at radius 3 is 2.11 bits per heavy atom. The zero-order valence-corrected chi connectivity index (χ0v) is 39.0. The summed E-state index contributed by atoms with van der Waals surface area (Å²) in [6, 6.07) is 50.6. The Kier molecular flexibility index (Phi) is 8.14. The van der Waals surface area contributed by atoms with Crippen LogP contribution in [0.2, 0.25) is 19.6 Å². The van der Waals surface area contributed by atoms with Crippen molar-refractivity contribution in [1.29, 1.82) is 0 Å². The molecule has 10 aromatic rings. The van der Waals surface area contributed by atoms with Gasteiger partial charge in [0.1, 0.15) is 16.8 Å². The lowest BCUT2D eigenvalue weighted by atomic mass is 9.88. The number of para-hydroxylation sites is 3. The summed E-state index contributed by atoms with van der Waals surface area (Å²) < 4.78 is 15.4. The van der Waals surface area contributed by atoms with Gasteiger partial charge in [0.05, 0.1) is 24.8 Å². The molecule has 310 valence electrons. The maximum Gasteiger partial charge on any atom is 0.364 e. The number of hydrogen-bond donors (Lipinski definition) is 0. The van der Waals surface area contributed by atoms with Crippen LogP contribution in [-0.4, -0.2) is 12.6 Å². The second kappa shape index (κ2) is 13.4. The Balaban J connectivity index is 1.31. The fourth-order valence-corrected chi connectivity index (χ4v) is 13.3. The van der Waals surface area contributed by atoms with E-state index in [0.29, 0.717) is 17.8 Å². The molecule has 1 unspecified atom stereocenters. The molecule has 1 atom stereocenters. The van der Waals surface area contributed by atoms with Crippen LogP contribution in [0.25, 0.3) is 82.8 Å². The zero-order valence-electron chi connectivity index (χ0n) is 38.0. The Morgan fingerprint density at radius 1 is 0.635 bits per heavy atom. The molecule has 0 saturated heterocycles. The lowest BCUT2D eigenvalue weighted by Gasteiger charge is -2.24. The van der Waals surface area contributed by atoms with Gasteiger partial charge in [0.25, 0.3) is 0 Å². The van der Waals surface area contributed by atoms with E-state index in [9.17, 15) is 0 Å². The summed E-state index contributed by atoms with van der Waals surface area (Å²) in [5.74, 6) is 2.32. The molecule has 0 fully saturated rings. The minimum absolute atomic E-state index is 0.306. The molecule has 3 aromatic heterocycles. The van der Waals surface area contributed by atoms with Gasteiger partial charge in [0, 0.05) is 33.2 Å². The molecular formula is C58H55N3OSi+2. The summed E-state index contributed by atoms with van der Waals surface area (Å²) >= 11 is 0. The van der Waals surface area contributed by atoms with E-state index in [0.717, 1.165) is 39.7 Å². The second-order valence-corrected chi connectivity index (χ2v) is 25.5. The number of rotatable bonds is 6. The number of aromatic nitrogens is 3. The van der Waals surface area contributed by atoms with Crippen LogP contribution >= 0.6 is 0 Å². The molecule has 0 bridgehead atoms. The van der Waals surface area contributed by atoms with E-state index in [-0.39, 0.29) is 0 Å². The first-order valence-corrected chi connectivity index (χ1v) is 26.6. The molecule has 1 spiro atoms. The molecule has 2 aliphatic heterocycles. The number of pyridine rings is 1. The third kappa shape index (κ3) is 5.14. The Morgan fingerprint density at radius 2 is 1.35 bits per heavy atom. The van der Waals surface area contributed by atoms with Gasteiger partial charge in [-0.05, 0) is 99.8 Å². The fraction of sp³-hybridized carbons (Fsp3) is 0.241. The number of imidazole rings is 1. The molecule has 5 heteroatoms. The maximum atomic E-state index is 7.41. The average molecular weight is 838 g/mol. The standard InChI is InChI=1S/C58H55N3OSi/c1-34(2)29-39-30-51-44-19-12-13-22-47(44)58(59(51)33-53(39)63(7,8)9)48-28-27-43-46-32-45-38(26-25-37-17-10-11-18-42(37)45)31-52(46)62-56(43)54(48)57-60(49-23-14-15-24-50(49)61(57)58)55-40(35(3)4)20-16-21-41(55)36(5)6/h10-28,30-36H,29H2,1-9H3/q+2. The summed E-state index contributed by atoms with van der Waals surface area (Å²) in [4.78, 5) is 0. The van der Waals surface area contributed by atoms with Crippen molar-refractivity contribution in [2.75, 3.05) is 0 Å². The van der Waals surface area contributed by atoms with Crippen LogP contribution in [0.15, 0.2) is 144 Å². The topological polar surface area (TPSA) is 25.8 Å². The first-order valence-electron chi connectivity index (χ1n) is 23.1. The zero-order chi connectivity index (χ0) is 43.3. The number of nitrogens with zero attached hydrogens (tertiary/aromatic N) is 3. The third-order valence-corrected chi connectivity index (χ3v) is 16.4. The van der Waals surface area contributed by atoms with E-state index < -0.39 is 13.7 Å². The van der Waals surface area contributed by atoms with Crippen molar-refractivity contribution in [2.45, 2.75) is 85.1 Å². The molecule has 7 aromatic carbocycles. The molecule has 5 heterocycles.